The number of piperidine rings is 1. The second kappa shape index (κ2) is 10.5. The van der Waals surface area contributed by atoms with Gasteiger partial charge in [0, 0.05) is 43.2 Å². The molecule has 5 nitrogen and oxygen atoms in total. The first-order valence-corrected chi connectivity index (χ1v) is 15.6. The fraction of sp³-hybridized carbons (Fsp3) is 0.516. The molecule has 1 aliphatic heterocycles. The van der Waals surface area contributed by atoms with E-state index >= 15 is 0 Å². The molecule has 0 spiro atoms. The number of hydrogen-bond donors (Lipinski definition) is 0. The zero-order valence-corrected chi connectivity index (χ0v) is 23.7. The fourth-order valence-corrected chi connectivity index (χ4v) is 8.26. The van der Waals surface area contributed by atoms with Crippen LogP contribution in [0, 0.1) is 30.5 Å². The molecule has 1 saturated carbocycles. The van der Waals surface area contributed by atoms with Crippen LogP contribution >= 0.6 is 0 Å². The molecule has 1 aliphatic carbocycles. The van der Waals surface area contributed by atoms with E-state index in [-0.39, 0.29) is 22.5 Å². The molecule has 2 fully saturated rings. The Bertz CT molecular complexity index is 1460. The minimum absolute atomic E-state index is 0.0987. The monoisotopic (exact) mass is 538 g/mol. The van der Waals surface area contributed by atoms with E-state index < -0.39 is 15.7 Å². The van der Waals surface area contributed by atoms with Gasteiger partial charge >= 0.3 is 0 Å². The molecule has 3 aromatic rings. The Hall–Kier alpha value is -2.67. The SMILES string of the molecule is Cc1ccc(F)c(S(=O)(=O)Cc2ccc3c(c2)c([C@@H]2CCN(C(=O)[C@H](C)C4CCCC4)C[C@@H]2C)cn3C)c1. The summed E-state index contributed by atoms with van der Waals surface area (Å²) in [6.07, 6.45) is 7.87. The van der Waals surface area contributed by atoms with Crippen LogP contribution in [0.15, 0.2) is 47.5 Å². The first-order valence-electron chi connectivity index (χ1n) is 13.9. The highest BCUT2D eigenvalue weighted by atomic mass is 32.2. The van der Waals surface area contributed by atoms with Gasteiger partial charge in [-0.15, -0.1) is 0 Å². The van der Waals surface area contributed by atoms with Crippen molar-refractivity contribution in [2.75, 3.05) is 13.1 Å². The number of amides is 1. The summed E-state index contributed by atoms with van der Waals surface area (Å²) in [4.78, 5) is 15.1. The number of rotatable bonds is 6. The standard InChI is InChI=1S/C31H39FN2O3S/c1-20-9-11-28(32)30(15-20)38(36,37)19-23-10-12-29-26(16-23)27(18-33(29)4)25-13-14-34(17-21(25)2)31(35)22(3)24-7-5-6-8-24/h9-12,15-16,18,21-22,24-25H,5-8,13-14,17,19H2,1-4H3/t21-,22+,25+/m0/s1. The van der Waals surface area contributed by atoms with Crippen molar-refractivity contribution < 1.29 is 17.6 Å². The molecule has 1 amide bonds. The average molecular weight is 539 g/mol. The van der Waals surface area contributed by atoms with Gasteiger partial charge < -0.3 is 9.47 Å². The highest BCUT2D eigenvalue weighted by Crippen LogP contribution is 2.39. The Morgan fingerprint density at radius 1 is 1.11 bits per heavy atom. The molecule has 5 rings (SSSR count). The number of aryl methyl sites for hydroxylation is 2. The van der Waals surface area contributed by atoms with Crippen molar-refractivity contribution in [3.8, 4) is 0 Å². The molecule has 38 heavy (non-hydrogen) atoms. The normalized spacial score (nSPS) is 21.8. The number of halogens is 1. The molecule has 204 valence electrons. The van der Waals surface area contributed by atoms with Gasteiger partial charge in [0.2, 0.25) is 5.91 Å². The van der Waals surface area contributed by atoms with Gasteiger partial charge in [-0.2, -0.15) is 0 Å². The molecule has 3 atom stereocenters. The van der Waals surface area contributed by atoms with E-state index in [4.69, 9.17) is 0 Å². The van der Waals surface area contributed by atoms with Crippen molar-refractivity contribution in [3.05, 3.63) is 65.1 Å². The quantitative estimate of drug-likeness (QED) is 0.366. The summed E-state index contributed by atoms with van der Waals surface area (Å²) < 4.78 is 42.7. The van der Waals surface area contributed by atoms with Crippen LogP contribution in [-0.2, 0) is 27.4 Å². The summed E-state index contributed by atoms with van der Waals surface area (Å²) in [7, 11) is -1.82. The second-order valence-electron chi connectivity index (χ2n) is 11.7. The molecular weight excluding hydrogens is 499 g/mol. The number of carbonyl (C=O) groups is 1. The maximum atomic E-state index is 14.4. The molecule has 1 aromatic heterocycles. The van der Waals surface area contributed by atoms with Gasteiger partial charge in [-0.3, -0.25) is 4.79 Å². The molecule has 0 bridgehead atoms. The van der Waals surface area contributed by atoms with Gasteiger partial charge in [-0.1, -0.05) is 38.8 Å². The average Bonchev–Trinajstić information content (AvgIpc) is 3.53. The maximum Gasteiger partial charge on any atom is 0.225 e. The van der Waals surface area contributed by atoms with Crippen molar-refractivity contribution in [1.29, 1.82) is 0 Å². The predicted molar refractivity (Wildman–Crippen MR) is 149 cm³/mol. The third kappa shape index (κ3) is 5.14. The fourth-order valence-electron chi connectivity index (χ4n) is 6.76. The molecule has 0 N–H and O–H groups in total. The third-order valence-corrected chi connectivity index (χ3v) is 10.7. The molecule has 2 heterocycles. The van der Waals surface area contributed by atoms with Crippen molar-refractivity contribution in [1.82, 2.24) is 9.47 Å². The van der Waals surface area contributed by atoms with E-state index in [1.54, 1.807) is 13.0 Å². The van der Waals surface area contributed by atoms with Gasteiger partial charge in [0.1, 0.15) is 10.7 Å². The van der Waals surface area contributed by atoms with Crippen LogP contribution in [0.1, 0.15) is 68.6 Å². The number of aromatic nitrogens is 1. The van der Waals surface area contributed by atoms with Crippen LogP contribution in [0.5, 0.6) is 0 Å². The number of benzene rings is 2. The van der Waals surface area contributed by atoms with Crippen LogP contribution in [0.4, 0.5) is 4.39 Å². The minimum Gasteiger partial charge on any atom is -0.350 e. The smallest absolute Gasteiger partial charge is 0.225 e. The minimum atomic E-state index is -3.83. The highest BCUT2D eigenvalue weighted by molar-refractivity contribution is 7.90. The Morgan fingerprint density at radius 2 is 1.84 bits per heavy atom. The largest absolute Gasteiger partial charge is 0.350 e. The van der Waals surface area contributed by atoms with Crippen molar-refractivity contribution in [2.24, 2.45) is 24.8 Å². The maximum absolute atomic E-state index is 14.4. The summed E-state index contributed by atoms with van der Waals surface area (Å²) in [5.41, 5.74) is 3.61. The van der Waals surface area contributed by atoms with Gasteiger partial charge in [-0.05, 0) is 84.9 Å². The summed E-state index contributed by atoms with van der Waals surface area (Å²) in [6, 6.07) is 9.94. The first kappa shape index (κ1) is 26.9. The lowest BCUT2D eigenvalue weighted by Gasteiger charge is -2.39. The summed E-state index contributed by atoms with van der Waals surface area (Å²) in [5.74, 6) is 0.538. The lowest BCUT2D eigenvalue weighted by Crippen LogP contribution is -2.45. The molecule has 2 aliphatic rings. The van der Waals surface area contributed by atoms with Crippen molar-refractivity contribution in [3.63, 3.8) is 0 Å². The Balaban J connectivity index is 1.37. The Morgan fingerprint density at radius 3 is 2.55 bits per heavy atom. The molecular formula is C31H39FN2O3S. The zero-order chi connectivity index (χ0) is 27.2. The zero-order valence-electron chi connectivity index (χ0n) is 22.9. The summed E-state index contributed by atoms with van der Waals surface area (Å²) >= 11 is 0. The van der Waals surface area contributed by atoms with E-state index in [9.17, 15) is 17.6 Å². The first-order chi connectivity index (χ1) is 18.0. The van der Waals surface area contributed by atoms with Crippen molar-refractivity contribution in [2.45, 2.75) is 69.4 Å². The van der Waals surface area contributed by atoms with Crippen molar-refractivity contribution >= 4 is 26.6 Å². The van der Waals surface area contributed by atoms with E-state index in [2.05, 4.69) is 29.5 Å². The molecule has 0 radical (unpaired) electrons. The molecule has 0 unspecified atom stereocenters. The van der Waals surface area contributed by atoms with Crippen LogP contribution in [0.2, 0.25) is 0 Å². The molecule has 7 heteroatoms. The summed E-state index contributed by atoms with van der Waals surface area (Å²) in [6.45, 7) is 7.59. The lowest BCUT2D eigenvalue weighted by atomic mass is 9.80. The third-order valence-electron chi connectivity index (χ3n) is 8.98. The number of fused-ring (bicyclic) bond motifs is 1. The number of carbonyl (C=O) groups excluding carboxylic acids is 1. The Labute approximate surface area is 225 Å². The highest BCUT2D eigenvalue weighted by Gasteiger charge is 2.35. The predicted octanol–water partition coefficient (Wildman–Crippen LogP) is 6.38. The molecule has 2 aromatic carbocycles. The van der Waals surface area contributed by atoms with Gasteiger partial charge in [0.25, 0.3) is 0 Å². The van der Waals surface area contributed by atoms with E-state index in [1.807, 2.05) is 25.2 Å². The van der Waals surface area contributed by atoms with Gasteiger partial charge in [0.15, 0.2) is 9.84 Å². The Kier molecular flexibility index (Phi) is 7.42. The number of hydrogen-bond acceptors (Lipinski definition) is 3. The number of nitrogens with zero attached hydrogens (tertiary/aromatic N) is 2. The van der Waals surface area contributed by atoms with Gasteiger partial charge in [-0.25, -0.2) is 12.8 Å². The van der Waals surface area contributed by atoms with Gasteiger partial charge in [0.05, 0.1) is 5.75 Å². The van der Waals surface area contributed by atoms with Crippen LogP contribution in [0.25, 0.3) is 10.9 Å². The summed E-state index contributed by atoms with van der Waals surface area (Å²) in [5, 5.41) is 1.04. The molecule has 1 saturated heterocycles. The van der Waals surface area contributed by atoms with Crippen LogP contribution in [0.3, 0.4) is 0 Å². The van der Waals surface area contributed by atoms with E-state index in [1.165, 1.54) is 43.4 Å². The number of likely N-dealkylation sites (tertiary alicyclic amines) is 1. The second-order valence-corrected chi connectivity index (χ2v) is 13.7. The topological polar surface area (TPSA) is 59.4 Å². The lowest BCUT2D eigenvalue weighted by molar-refractivity contribution is -0.138. The number of sulfone groups is 1. The van der Waals surface area contributed by atoms with Crippen LogP contribution < -0.4 is 0 Å². The van der Waals surface area contributed by atoms with Crippen LogP contribution in [-0.4, -0.2) is 36.9 Å². The van der Waals surface area contributed by atoms with E-state index in [0.29, 0.717) is 28.9 Å². The van der Waals surface area contributed by atoms with E-state index in [0.717, 1.165) is 30.4 Å².